The van der Waals surface area contributed by atoms with Gasteiger partial charge in [0.2, 0.25) is 5.91 Å². The Morgan fingerprint density at radius 2 is 1.84 bits per heavy atom. The van der Waals surface area contributed by atoms with Crippen LogP contribution < -0.4 is 15.5 Å². The molecule has 1 aromatic carbocycles. The van der Waals surface area contributed by atoms with Crippen LogP contribution in [0.25, 0.3) is 11.0 Å². The number of aliphatic hydroxyl groups is 5. The van der Waals surface area contributed by atoms with Gasteiger partial charge in [-0.2, -0.15) is 0 Å². The first-order chi connectivity index (χ1) is 18.0. The van der Waals surface area contributed by atoms with Gasteiger partial charge in [0, 0.05) is 31.5 Å². The van der Waals surface area contributed by atoms with E-state index in [2.05, 4.69) is 5.32 Å². The van der Waals surface area contributed by atoms with Gasteiger partial charge in [0.1, 0.15) is 59.8 Å². The summed E-state index contributed by atoms with van der Waals surface area (Å²) in [5.74, 6) is 1.15. The molecule has 3 heterocycles. The van der Waals surface area contributed by atoms with E-state index in [0.29, 0.717) is 60.3 Å². The summed E-state index contributed by atoms with van der Waals surface area (Å²) in [4.78, 5) is 35.1. The van der Waals surface area contributed by atoms with Gasteiger partial charge in [-0.05, 0) is 44.2 Å². The molecule has 0 bridgehead atoms. The van der Waals surface area contributed by atoms with Crippen LogP contribution in [-0.2, 0) is 21.0 Å². The third-order valence-electron chi connectivity index (χ3n) is 7.32. The molecule has 0 saturated carbocycles. The summed E-state index contributed by atoms with van der Waals surface area (Å²) in [6.45, 7) is 2.77. The number of ether oxygens (including phenoxy) is 1. The molecule has 1 fully saturated rings. The Bertz CT molecular complexity index is 1200. The molecule has 1 amide bonds. The Morgan fingerprint density at radius 3 is 2.53 bits per heavy atom. The van der Waals surface area contributed by atoms with E-state index in [9.17, 15) is 30.0 Å². The van der Waals surface area contributed by atoms with Crippen molar-refractivity contribution in [3.8, 4) is 5.75 Å². The summed E-state index contributed by atoms with van der Waals surface area (Å²) in [6, 6.07) is 4.78. The van der Waals surface area contributed by atoms with Gasteiger partial charge in [-0.25, -0.2) is 9.78 Å². The van der Waals surface area contributed by atoms with Gasteiger partial charge >= 0.3 is 0 Å². The van der Waals surface area contributed by atoms with Crippen molar-refractivity contribution >= 4 is 16.9 Å². The Kier molecular flexibility index (Phi) is 8.72. The number of carbonyl (C=O) groups excluding carboxylic acids is 1. The molecule has 1 saturated heterocycles. The van der Waals surface area contributed by atoms with Crippen molar-refractivity contribution in [2.75, 3.05) is 19.8 Å². The number of carbonyl (C=O) groups is 1. The van der Waals surface area contributed by atoms with Gasteiger partial charge in [-0.1, -0.05) is 0 Å². The Morgan fingerprint density at radius 1 is 1.11 bits per heavy atom. The molecule has 0 radical (unpaired) electrons. The van der Waals surface area contributed by atoms with Crippen LogP contribution in [0.3, 0.4) is 0 Å². The molecule has 2 aliphatic heterocycles. The molecule has 12 nitrogen and oxygen atoms in total. The summed E-state index contributed by atoms with van der Waals surface area (Å²) in [5, 5.41) is 51.7. The lowest BCUT2D eigenvalue weighted by Gasteiger charge is -2.42. The van der Waals surface area contributed by atoms with Gasteiger partial charge in [-0.15, -0.1) is 0 Å². The summed E-state index contributed by atoms with van der Waals surface area (Å²) < 4.78 is 12.1. The highest BCUT2D eigenvalue weighted by molar-refractivity contribution is 5.80. The lowest BCUT2D eigenvalue weighted by Crippen LogP contribution is -2.51. The van der Waals surface area contributed by atoms with Crippen molar-refractivity contribution in [2.45, 2.75) is 75.7 Å². The summed E-state index contributed by atoms with van der Waals surface area (Å²) in [6.07, 6.45) is -5.66. The molecule has 7 atom stereocenters. The fourth-order valence-corrected chi connectivity index (χ4v) is 4.90. The number of rotatable bonds is 11. The maximum Gasteiger partial charge on any atom is 0.220 e. The maximum atomic E-state index is 12.5. The van der Waals surface area contributed by atoms with E-state index in [1.54, 1.807) is 19.1 Å². The highest BCUT2D eigenvalue weighted by atomic mass is 17.2. The van der Waals surface area contributed by atoms with Crippen molar-refractivity contribution in [3.63, 3.8) is 0 Å². The molecule has 2 aromatic rings. The minimum Gasteiger partial charge on any atom is -0.484 e. The fraction of sp³-hybridized carbons (Fsp3) is 0.615. The lowest BCUT2D eigenvalue weighted by molar-refractivity contribution is -0.360. The second kappa shape index (κ2) is 11.7. The zero-order chi connectivity index (χ0) is 27.6. The molecule has 0 spiro atoms. The van der Waals surface area contributed by atoms with Gasteiger partial charge < -0.3 is 40.0 Å². The molecule has 2 aliphatic rings. The first-order valence-electron chi connectivity index (χ1n) is 12.6. The zero-order valence-electron chi connectivity index (χ0n) is 21.3. The number of aryl methyl sites for hydroxylation is 1. The third-order valence-corrected chi connectivity index (χ3v) is 7.32. The molecule has 38 heavy (non-hydrogen) atoms. The first kappa shape index (κ1) is 28.4. The third kappa shape index (κ3) is 6.18. The highest BCUT2D eigenvalue weighted by Crippen LogP contribution is 2.40. The van der Waals surface area contributed by atoms with Gasteiger partial charge in [0.25, 0.3) is 0 Å². The van der Waals surface area contributed by atoms with Crippen LogP contribution in [0, 0.1) is 12.8 Å². The summed E-state index contributed by atoms with van der Waals surface area (Å²) in [5.41, 5.74) is -0.0163. The Labute approximate surface area is 218 Å². The molecular formula is C26H35NO11. The van der Waals surface area contributed by atoms with E-state index in [0.717, 1.165) is 0 Å². The number of fused-ring (bicyclic) bond motifs is 2. The second-order valence-electron chi connectivity index (χ2n) is 10.4. The summed E-state index contributed by atoms with van der Waals surface area (Å²) in [7, 11) is 0. The van der Waals surface area contributed by atoms with E-state index >= 15 is 0 Å². The van der Waals surface area contributed by atoms with Crippen LogP contribution in [0.2, 0.25) is 0 Å². The van der Waals surface area contributed by atoms with Gasteiger partial charge in [0.05, 0.1) is 12.0 Å². The predicted octanol–water partition coefficient (Wildman–Crippen LogP) is -0.536. The van der Waals surface area contributed by atoms with Crippen LogP contribution in [0.15, 0.2) is 27.4 Å². The van der Waals surface area contributed by atoms with Crippen molar-refractivity contribution < 1.29 is 49.3 Å². The van der Waals surface area contributed by atoms with Crippen molar-refractivity contribution in [1.29, 1.82) is 0 Å². The number of benzene rings is 1. The summed E-state index contributed by atoms with van der Waals surface area (Å²) >= 11 is 0. The average Bonchev–Trinajstić information content (AvgIpc) is 3.30. The lowest BCUT2D eigenvalue weighted by atomic mass is 9.83. The molecule has 4 rings (SSSR count). The topological polar surface area (TPSA) is 188 Å². The molecule has 210 valence electrons. The van der Waals surface area contributed by atoms with E-state index in [1.165, 1.54) is 6.07 Å². The van der Waals surface area contributed by atoms with E-state index < -0.39 is 49.3 Å². The SMILES string of the molecule is Cc1cc(=O)c2cc3c(cc2o1)O[C@](C)(CC[C@@H]1CNC(=O)C1)[C@H](OOC[C@H](O)[C@@H](O)[C@H](O)[C@H](O)CO)C3. The highest BCUT2D eigenvalue weighted by Gasteiger charge is 2.44. The van der Waals surface area contributed by atoms with Crippen molar-refractivity contribution in [1.82, 2.24) is 5.32 Å². The minimum absolute atomic E-state index is 0.00381. The van der Waals surface area contributed by atoms with Gasteiger partial charge in [0.15, 0.2) is 5.43 Å². The smallest absolute Gasteiger partial charge is 0.220 e. The van der Waals surface area contributed by atoms with E-state index in [1.807, 2.05) is 6.92 Å². The van der Waals surface area contributed by atoms with E-state index in [4.69, 9.17) is 24.0 Å². The fourth-order valence-electron chi connectivity index (χ4n) is 4.90. The van der Waals surface area contributed by atoms with Crippen LogP contribution in [-0.4, -0.2) is 87.3 Å². The zero-order valence-corrected chi connectivity index (χ0v) is 21.3. The quantitative estimate of drug-likeness (QED) is 0.160. The standard InChI is InChI=1S/C26H35NO11/c1-13-5-17(29)16-7-15-8-22(38-35-12-19(31)25(34)24(33)18(30)11-28)26(2,37-20(15)9-21(16)36-13)4-3-14-6-23(32)27-10-14/h5,7,9,14,18-19,22,24-25,28,30-31,33-34H,3-4,6,8,10-12H2,1-2H3,(H,27,32)/t14-,18+,19-,22+,24+,25+,26+/m0/s1. The Balaban J connectivity index is 1.51. The molecule has 0 aliphatic carbocycles. The molecular weight excluding hydrogens is 502 g/mol. The van der Waals surface area contributed by atoms with Crippen molar-refractivity contribution in [2.24, 2.45) is 5.92 Å². The van der Waals surface area contributed by atoms with E-state index in [-0.39, 0.29) is 17.3 Å². The maximum absolute atomic E-state index is 12.5. The van der Waals surface area contributed by atoms with Crippen LogP contribution >= 0.6 is 0 Å². The van der Waals surface area contributed by atoms with Crippen LogP contribution in [0.4, 0.5) is 0 Å². The molecule has 1 aromatic heterocycles. The second-order valence-corrected chi connectivity index (χ2v) is 10.4. The number of hydrogen-bond acceptors (Lipinski definition) is 11. The van der Waals surface area contributed by atoms with Gasteiger partial charge in [-0.3, -0.25) is 9.59 Å². The number of nitrogens with one attached hydrogen (secondary N) is 1. The first-order valence-corrected chi connectivity index (χ1v) is 12.6. The number of amides is 1. The van der Waals surface area contributed by atoms with Crippen molar-refractivity contribution in [3.05, 3.63) is 39.7 Å². The molecule has 12 heteroatoms. The predicted molar refractivity (Wildman–Crippen MR) is 132 cm³/mol. The normalized spacial score (nSPS) is 26.3. The molecule has 6 N–H and O–H groups in total. The Hall–Kier alpha value is -2.58. The number of aliphatic hydroxyl groups excluding tert-OH is 5. The van der Waals surface area contributed by atoms with Crippen LogP contribution in [0.1, 0.15) is 37.5 Å². The molecule has 0 unspecified atom stereocenters. The van der Waals surface area contributed by atoms with Crippen LogP contribution in [0.5, 0.6) is 5.75 Å². The monoisotopic (exact) mass is 537 g/mol. The average molecular weight is 538 g/mol. The largest absolute Gasteiger partial charge is 0.484 e. The number of hydrogen-bond donors (Lipinski definition) is 6. The minimum atomic E-state index is -1.79.